The number of hydrogen-bond acceptors (Lipinski definition) is 5. The summed E-state index contributed by atoms with van der Waals surface area (Å²) in [5.41, 5.74) is 8.63. The van der Waals surface area contributed by atoms with Crippen LogP contribution in [0.4, 0.5) is 5.69 Å². The summed E-state index contributed by atoms with van der Waals surface area (Å²) in [6.07, 6.45) is 10.1. The Bertz CT molecular complexity index is 1270. The van der Waals surface area contributed by atoms with Crippen molar-refractivity contribution in [2.45, 2.75) is 78.6 Å². The lowest BCUT2D eigenvalue weighted by molar-refractivity contribution is 0.0816. The highest BCUT2D eigenvalue weighted by Crippen LogP contribution is 2.33. The minimum Gasteiger partial charge on any atom is -0.390 e. The number of benzene rings is 1. The molecule has 1 atom stereocenters. The third-order valence-electron chi connectivity index (χ3n) is 9.12. The van der Waals surface area contributed by atoms with Crippen LogP contribution < -0.4 is 4.90 Å². The van der Waals surface area contributed by atoms with E-state index in [1.165, 1.54) is 22.4 Å². The van der Waals surface area contributed by atoms with Crippen molar-refractivity contribution < 1.29 is 5.11 Å². The van der Waals surface area contributed by atoms with Crippen LogP contribution in [0.25, 0.3) is 5.57 Å². The van der Waals surface area contributed by atoms with Gasteiger partial charge in [0.1, 0.15) is 0 Å². The number of piperidine rings is 1. The fraction of sp³-hybridized carbons (Fsp3) is 0.545. The molecule has 1 saturated heterocycles. The summed E-state index contributed by atoms with van der Waals surface area (Å²) in [6.45, 7) is 15.9. The van der Waals surface area contributed by atoms with Gasteiger partial charge in [-0.25, -0.2) is 0 Å². The average Bonchev–Trinajstić information content (AvgIpc) is 3.47. The zero-order chi connectivity index (χ0) is 28.2. The summed E-state index contributed by atoms with van der Waals surface area (Å²) in [4.78, 5) is 7.49. The van der Waals surface area contributed by atoms with Crippen LogP contribution in [0.3, 0.4) is 0 Å². The smallest absolute Gasteiger partial charge is 0.0933 e. The Hall–Kier alpha value is -2.38. The normalized spacial score (nSPS) is 19.4. The SMILES string of the molecule is CCN(CC)Cc1c(C2=CC=C(Cl)C(C)=CC2)nn(CC(O)CN2CCC(N3CCc4ccccc43)CC2)c1C. The topological polar surface area (TPSA) is 47.8 Å². The first-order valence-corrected chi connectivity index (χ1v) is 15.5. The average molecular weight is 564 g/mol. The minimum atomic E-state index is -0.462. The van der Waals surface area contributed by atoms with Crippen LogP contribution in [0.2, 0.25) is 0 Å². The van der Waals surface area contributed by atoms with Gasteiger partial charge in [0.2, 0.25) is 0 Å². The Morgan fingerprint density at radius 3 is 2.55 bits per heavy atom. The van der Waals surface area contributed by atoms with Crippen LogP contribution in [-0.2, 0) is 19.5 Å². The van der Waals surface area contributed by atoms with Crippen LogP contribution in [0.5, 0.6) is 0 Å². The number of anilines is 1. The van der Waals surface area contributed by atoms with Gasteiger partial charge in [-0.15, -0.1) is 0 Å². The van der Waals surface area contributed by atoms with E-state index in [4.69, 9.17) is 16.7 Å². The van der Waals surface area contributed by atoms with Gasteiger partial charge in [-0.3, -0.25) is 9.58 Å². The Morgan fingerprint density at radius 2 is 1.80 bits per heavy atom. The molecule has 3 heterocycles. The number of fused-ring (bicyclic) bond motifs is 1. The van der Waals surface area contributed by atoms with E-state index in [-0.39, 0.29) is 0 Å². The number of nitrogens with zero attached hydrogens (tertiary/aromatic N) is 5. The fourth-order valence-electron chi connectivity index (χ4n) is 6.50. The van der Waals surface area contributed by atoms with Gasteiger partial charge in [-0.05, 0) is 81.5 Å². The molecule has 0 radical (unpaired) electrons. The molecule has 6 nitrogen and oxygen atoms in total. The van der Waals surface area contributed by atoms with Crippen molar-refractivity contribution in [2.75, 3.05) is 44.2 Å². The summed E-state index contributed by atoms with van der Waals surface area (Å²) in [5, 5.41) is 17.1. The van der Waals surface area contributed by atoms with Gasteiger partial charge in [0.05, 0.1) is 18.3 Å². The first-order valence-electron chi connectivity index (χ1n) is 15.1. The lowest BCUT2D eigenvalue weighted by atomic mass is 10.0. The standard InChI is InChI=1S/C33H46ClN5O/c1-5-36(6-2)23-30-25(4)39(35-33(30)27-12-11-24(3)31(34)14-13-27)22-29(40)21-37-18-16-28(17-19-37)38-20-15-26-9-7-8-10-32(26)38/h7-11,13-14,28-29,40H,5-6,12,15-23H2,1-4H3. The van der Waals surface area contributed by atoms with E-state index < -0.39 is 6.10 Å². The molecule has 1 unspecified atom stereocenters. The number of aromatic nitrogens is 2. The van der Waals surface area contributed by atoms with Crippen LogP contribution >= 0.6 is 11.6 Å². The number of likely N-dealkylation sites (tertiary alicyclic amines) is 1. The van der Waals surface area contributed by atoms with E-state index in [0.29, 0.717) is 19.1 Å². The number of para-hydroxylation sites is 1. The number of halogens is 1. The first-order chi connectivity index (χ1) is 19.4. The molecule has 40 heavy (non-hydrogen) atoms. The molecule has 7 heteroatoms. The highest BCUT2D eigenvalue weighted by molar-refractivity contribution is 6.32. The predicted molar refractivity (Wildman–Crippen MR) is 167 cm³/mol. The van der Waals surface area contributed by atoms with Gasteiger partial charge >= 0.3 is 0 Å². The molecule has 0 amide bonds. The van der Waals surface area contributed by atoms with Gasteiger partial charge < -0.3 is 14.9 Å². The largest absolute Gasteiger partial charge is 0.390 e. The van der Waals surface area contributed by atoms with E-state index >= 15 is 0 Å². The lowest BCUT2D eigenvalue weighted by Crippen LogP contribution is -2.46. The van der Waals surface area contributed by atoms with Crippen molar-refractivity contribution in [1.82, 2.24) is 19.6 Å². The van der Waals surface area contributed by atoms with Crippen molar-refractivity contribution >= 4 is 22.9 Å². The van der Waals surface area contributed by atoms with Gasteiger partial charge in [0.25, 0.3) is 0 Å². The zero-order valence-electron chi connectivity index (χ0n) is 24.7. The summed E-state index contributed by atoms with van der Waals surface area (Å²) < 4.78 is 2.04. The number of aliphatic hydroxyl groups is 1. The maximum atomic E-state index is 11.2. The summed E-state index contributed by atoms with van der Waals surface area (Å²) in [7, 11) is 0. The van der Waals surface area contributed by atoms with Crippen molar-refractivity contribution in [1.29, 1.82) is 0 Å². The molecule has 5 rings (SSSR count). The summed E-state index contributed by atoms with van der Waals surface area (Å²) in [6, 6.07) is 9.47. The van der Waals surface area contributed by atoms with E-state index in [2.05, 4.69) is 78.8 Å². The van der Waals surface area contributed by atoms with Gasteiger partial charge in [0, 0.05) is 60.7 Å². The maximum Gasteiger partial charge on any atom is 0.0933 e. The highest BCUT2D eigenvalue weighted by Gasteiger charge is 2.30. The van der Waals surface area contributed by atoms with Crippen LogP contribution in [0.1, 0.15) is 62.5 Å². The Morgan fingerprint density at radius 1 is 1.05 bits per heavy atom. The lowest BCUT2D eigenvalue weighted by Gasteiger charge is -2.38. The van der Waals surface area contributed by atoms with Crippen molar-refractivity contribution in [3.63, 3.8) is 0 Å². The molecular weight excluding hydrogens is 518 g/mol. The number of allylic oxidation sites excluding steroid dienone is 6. The van der Waals surface area contributed by atoms with E-state index in [1.54, 1.807) is 0 Å². The summed E-state index contributed by atoms with van der Waals surface area (Å²) in [5.74, 6) is 0. The number of hydrogen-bond donors (Lipinski definition) is 1. The van der Waals surface area contributed by atoms with Crippen molar-refractivity contribution in [3.05, 3.63) is 75.6 Å². The molecule has 1 fully saturated rings. The maximum absolute atomic E-state index is 11.2. The molecule has 1 aromatic heterocycles. The second-order valence-corrected chi connectivity index (χ2v) is 12.0. The molecule has 3 aliphatic rings. The molecule has 0 spiro atoms. The third-order valence-corrected chi connectivity index (χ3v) is 9.54. The molecule has 0 bridgehead atoms. The molecule has 1 aliphatic carbocycles. The molecule has 1 aromatic carbocycles. The molecule has 0 saturated carbocycles. The fourth-order valence-corrected chi connectivity index (χ4v) is 6.64. The minimum absolute atomic E-state index is 0.462. The van der Waals surface area contributed by atoms with Gasteiger partial charge in [-0.1, -0.05) is 55.8 Å². The van der Waals surface area contributed by atoms with Crippen LogP contribution in [-0.4, -0.2) is 76.1 Å². The van der Waals surface area contributed by atoms with Crippen molar-refractivity contribution in [2.24, 2.45) is 0 Å². The van der Waals surface area contributed by atoms with E-state index in [0.717, 1.165) is 86.9 Å². The van der Waals surface area contributed by atoms with Gasteiger partial charge in [-0.2, -0.15) is 5.10 Å². The van der Waals surface area contributed by atoms with Crippen molar-refractivity contribution in [3.8, 4) is 0 Å². The molecule has 216 valence electrons. The Kier molecular flexibility index (Phi) is 9.52. The van der Waals surface area contributed by atoms with Crippen LogP contribution in [0.15, 0.2) is 53.1 Å². The van der Waals surface area contributed by atoms with Gasteiger partial charge in [0.15, 0.2) is 0 Å². The number of rotatable bonds is 10. The molecule has 2 aliphatic heterocycles. The first kappa shape index (κ1) is 29.1. The monoisotopic (exact) mass is 563 g/mol. The molecular formula is C33H46ClN5O. The van der Waals surface area contributed by atoms with E-state index in [1.807, 2.05) is 10.8 Å². The summed E-state index contributed by atoms with van der Waals surface area (Å²) >= 11 is 6.43. The Balaban J connectivity index is 1.25. The van der Waals surface area contributed by atoms with Crippen LogP contribution in [0, 0.1) is 6.92 Å². The Labute approximate surface area is 245 Å². The zero-order valence-corrected chi connectivity index (χ0v) is 25.5. The molecule has 1 N–H and O–H groups in total. The highest BCUT2D eigenvalue weighted by atomic mass is 35.5. The second kappa shape index (κ2) is 13.1. The number of β-amino-alcohol motifs (C(OH)–C–C–N with tert-alkyl or cyclic N) is 1. The second-order valence-electron chi connectivity index (χ2n) is 11.6. The number of aliphatic hydroxyl groups excluding tert-OH is 1. The quantitative estimate of drug-likeness (QED) is 0.397. The van der Waals surface area contributed by atoms with E-state index in [9.17, 15) is 5.11 Å². The third kappa shape index (κ3) is 6.41. The predicted octanol–water partition coefficient (Wildman–Crippen LogP) is 5.78. The molecule has 2 aromatic rings.